The Labute approximate surface area is 90.3 Å². The largest absolute Gasteiger partial charge is 0.309 e. The molecule has 1 aliphatic rings. The Kier molecular flexibility index (Phi) is 4.14. The van der Waals surface area contributed by atoms with Gasteiger partial charge in [-0.15, -0.1) is 0 Å². The Morgan fingerprint density at radius 2 is 2.00 bits per heavy atom. The van der Waals surface area contributed by atoms with Gasteiger partial charge < -0.3 is 5.32 Å². The highest BCUT2D eigenvalue weighted by atomic mass is 32.2. The van der Waals surface area contributed by atoms with Crippen molar-refractivity contribution in [2.45, 2.75) is 52.6 Å². The Morgan fingerprint density at radius 1 is 1.36 bits per heavy atom. The molecule has 84 valence electrons. The first-order chi connectivity index (χ1) is 6.49. The van der Waals surface area contributed by atoms with Gasteiger partial charge in [0.2, 0.25) is 0 Å². The van der Waals surface area contributed by atoms with Crippen LogP contribution in [-0.4, -0.2) is 27.8 Å². The van der Waals surface area contributed by atoms with E-state index in [1.807, 2.05) is 0 Å². The molecule has 1 rings (SSSR count). The van der Waals surface area contributed by atoms with E-state index in [0.717, 1.165) is 24.3 Å². The van der Waals surface area contributed by atoms with Gasteiger partial charge in [-0.25, -0.2) is 0 Å². The maximum atomic E-state index is 11.7. The van der Waals surface area contributed by atoms with E-state index < -0.39 is 10.8 Å². The second-order valence-electron chi connectivity index (χ2n) is 4.94. The molecule has 0 aliphatic carbocycles. The maximum Gasteiger partial charge on any atom is 0.0394 e. The van der Waals surface area contributed by atoms with Gasteiger partial charge in [-0.3, -0.25) is 4.21 Å². The average Bonchev–Trinajstić information content (AvgIpc) is 2.16. The molecule has 1 N–H and O–H groups in total. The number of rotatable bonds is 3. The van der Waals surface area contributed by atoms with E-state index >= 15 is 0 Å². The molecule has 0 radical (unpaired) electrons. The maximum absolute atomic E-state index is 11.7. The van der Waals surface area contributed by atoms with Crippen molar-refractivity contribution in [2.24, 2.45) is 5.41 Å². The number of nitrogens with one attached hydrogen (secondary N) is 1. The lowest BCUT2D eigenvalue weighted by Gasteiger charge is -2.40. The minimum Gasteiger partial charge on any atom is -0.309 e. The van der Waals surface area contributed by atoms with Crippen molar-refractivity contribution in [1.29, 1.82) is 0 Å². The summed E-state index contributed by atoms with van der Waals surface area (Å²) in [6.07, 6.45) is 2.22. The van der Waals surface area contributed by atoms with Crippen molar-refractivity contribution < 1.29 is 4.21 Å². The van der Waals surface area contributed by atoms with Crippen LogP contribution in [0.1, 0.15) is 40.5 Å². The topological polar surface area (TPSA) is 29.1 Å². The van der Waals surface area contributed by atoms with E-state index in [4.69, 9.17) is 0 Å². The van der Waals surface area contributed by atoms with E-state index in [1.54, 1.807) is 0 Å². The molecular formula is C11H23NOS. The second-order valence-corrected chi connectivity index (χ2v) is 6.49. The fourth-order valence-corrected chi connectivity index (χ4v) is 3.63. The fourth-order valence-electron chi connectivity index (χ4n) is 1.79. The smallest absolute Gasteiger partial charge is 0.0394 e. The zero-order valence-corrected chi connectivity index (χ0v) is 10.6. The first-order valence-electron chi connectivity index (χ1n) is 5.60. The molecule has 14 heavy (non-hydrogen) atoms. The Balaban J connectivity index is 2.66. The number of hydrogen-bond donors (Lipinski definition) is 1. The molecule has 1 saturated heterocycles. The Hall–Kier alpha value is 0.110. The van der Waals surface area contributed by atoms with Crippen LogP contribution in [0.3, 0.4) is 0 Å². The minimum absolute atomic E-state index is 0.267. The molecule has 0 spiro atoms. The van der Waals surface area contributed by atoms with Gasteiger partial charge in [0, 0.05) is 34.4 Å². The molecule has 1 aliphatic heterocycles. The molecule has 3 unspecified atom stereocenters. The lowest BCUT2D eigenvalue weighted by Crippen LogP contribution is -2.55. The first kappa shape index (κ1) is 12.2. The molecule has 0 bridgehead atoms. The highest BCUT2D eigenvalue weighted by Crippen LogP contribution is 2.27. The molecule has 3 atom stereocenters. The predicted molar refractivity (Wildman–Crippen MR) is 63.0 cm³/mol. The minimum atomic E-state index is -0.611. The zero-order chi connectivity index (χ0) is 10.8. The van der Waals surface area contributed by atoms with Crippen LogP contribution in [0.4, 0.5) is 0 Å². The van der Waals surface area contributed by atoms with Crippen LogP contribution >= 0.6 is 0 Å². The molecular weight excluding hydrogens is 194 g/mol. The van der Waals surface area contributed by atoms with Crippen LogP contribution in [-0.2, 0) is 10.8 Å². The fraction of sp³-hybridized carbons (Fsp3) is 1.00. The molecule has 1 fully saturated rings. The lowest BCUT2D eigenvalue weighted by molar-refractivity contribution is 0.228. The van der Waals surface area contributed by atoms with Crippen molar-refractivity contribution in [2.75, 3.05) is 11.5 Å². The third kappa shape index (κ3) is 2.80. The van der Waals surface area contributed by atoms with E-state index in [2.05, 4.69) is 33.0 Å². The van der Waals surface area contributed by atoms with Gasteiger partial charge in [-0.2, -0.15) is 0 Å². The summed E-state index contributed by atoms with van der Waals surface area (Å²) in [5.74, 6) is 1.67. The Morgan fingerprint density at radius 3 is 2.50 bits per heavy atom. The summed E-state index contributed by atoms with van der Waals surface area (Å²) in [5.41, 5.74) is 0.267. The molecule has 0 aromatic rings. The summed E-state index contributed by atoms with van der Waals surface area (Å²) in [6, 6.07) is 0.882. The van der Waals surface area contributed by atoms with E-state index in [9.17, 15) is 4.21 Å². The summed E-state index contributed by atoms with van der Waals surface area (Å²) in [4.78, 5) is 0. The predicted octanol–water partition coefficient (Wildman–Crippen LogP) is 1.92. The molecule has 2 nitrogen and oxygen atoms in total. The van der Waals surface area contributed by atoms with Crippen LogP contribution in [0, 0.1) is 5.41 Å². The van der Waals surface area contributed by atoms with Crippen molar-refractivity contribution in [1.82, 2.24) is 5.32 Å². The third-order valence-electron chi connectivity index (χ3n) is 3.52. The standard InChI is InChI=1S/C11H23NOS/c1-5-9-7-14(13)8-10(12-9)11(3,4)6-2/h9-10,12H,5-8H2,1-4H3. The van der Waals surface area contributed by atoms with Gasteiger partial charge in [0.25, 0.3) is 0 Å². The normalized spacial score (nSPS) is 34.4. The van der Waals surface area contributed by atoms with Crippen LogP contribution in [0.2, 0.25) is 0 Å². The van der Waals surface area contributed by atoms with Crippen LogP contribution < -0.4 is 5.32 Å². The van der Waals surface area contributed by atoms with Gasteiger partial charge >= 0.3 is 0 Å². The van der Waals surface area contributed by atoms with Gasteiger partial charge in [0.05, 0.1) is 0 Å². The molecule has 0 aromatic carbocycles. The van der Waals surface area contributed by atoms with Crippen molar-refractivity contribution in [3.8, 4) is 0 Å². The quantitative estimate of drug-likeness (QED) is 0.782. The highest BCUT2D eigenvalue weighted by Gasteiger charge is 2.34. The van der Waals surface area contributed by atoms with E-state index in [-0.39, 0.29) is 5.41 Å². The van der Waals surface area contributed by atoms with Crippen LogP contribution in [0.15, 0.2) is 0 Å². The molecule has 1 heterocycles. The van der Waals surface area contributed by atoms with E-state index in [1.165, 1.54) is 0 Å². The first-order valence-corrected chi connectivity index (χ1v) is 7.09. The summed E-state index contributed by atoms with van der Waals surface area (Å²) in [7, 11) is -0.611. The highest BCUT2D eigenvalue weighted by molar-refractivity contribution is 7.85. The van der Waals surface area contributed by atoms with Crippen LogP contribution in [0.25, 0.3) is 0 Å². The monoisotopic (exact) mass is 217 g/mol. The van der Waals surface area contributed by atoms with Crippen molar-refractivity contribution in [3.63, 3.8) is 0 Å². The van der Waals surface area contributed by atoms with Crippen molar-refractivity contribution in [3.05, 3.63) is 0 Å². The van der Waals surface area contributed by atoms with Crippen molar-refractivity contribution >= 4 is 10.8 Å². The molecule has 3 heteroatoms. The summed E-state index contributed by atoms with van der Waals surface area (Å²) < 4.78 is 11.7. The molecule has 0 aromatic heterocycles. The number of hydrogen-bond acceptors (Lipinski definition) is 2. The summed E-state index contributed by atoms with van der Waals surface area (Å²) >= 11 is 0. The van der Waals surface area contributed by atoms with Gasteiger partial charge in [-0.1, -0.05) is 27.7 Å². The summed E-state index contributed by atoms with van der Waals surface area (Å²) in [5, 5.41) is 3.63. The third-order valence-corrected chi connectivity index (χ3v) is 5.00. The summed E-state index contributed by atoms with van der Waals surface area (Å²) in [6.45, 7) is 8.90. The molecule has 0 saturated carbocycles. The zero-order valence-electron chi connectivity index (χ0n) is 9.80. The average molecular weight is 217 g/mol. The second kappa shape index (κ2) is 4.75. The SMILES string of the molecule is CCC1CS(=O)CC(C(C)(C)CC)N1. The van der Waals surface area contributed by atoms with Gasteiger partial charge in [-0.05, 0) is 18.3 Å². The lowest BCUT2D eigenvalue weighted by atomic mass is 9.82. The van der Waals surface area contributed by atoms with Gasteiger partial charge in [0.15, 0.2) is 0 Å². The van der Waals surface area contributed by atoms with E-state index in [0.29, 0.717) is 12.1 Å². The molecule has 0 amide bonds. The Bertz CT molecular complexity index is 215. The van der Waals surface area contributed by atoms with Crippen LogP contribution in [0.5, 0.6) is 0 Å². The van der Waals surface area contributed by atoms with Gasteiger partial charge in [0.1, 0.15) is 0 Å².